The molecule has 8 heteroatoms. The number of aryl methyl sites for hydroxylation is 1. The van der Waals surface area contributed by atoms with Crippen molar-refractivity contribution >= 4 is 12.7 Å². The Bertz CT molecular complexity index is 682. The topological polar surface area (TPSA) is 27.7 Å². The Labute approximate surface area is 157 Å². The smallest absolute Gasteiger partial charge is 0.398 e. The maximum absolute atomic E-state index is 15.3. The number of alkyl halides is 3. The highest BCUT2D eigenvalue weighted by Crippen LogP contribution is 2.41. The molecule has 0 unspecified atom stereocenters. The molecule has 1 saturated heterocycles. The summed E-state index contributed by atoms with van der Waals surface area (Å²) in [6.45, 7) is 7.40. The van der Waals surface area contributed by atoms with Gasteiger partial charge in [0.25, 0.3) is 0 Å². The van der Waals surface area contributed by atoms with Crippen LogP contribution < -0.4 is 0 Å². The second kappa shape index (κ2) is 7.93. The second-order valence-electron chi connectivity index (χ2n) is 7.65. The van der Waals surface area contributed by atoms with Gasteiger partial charge in [-0.3, -0.25) is 0 Å². The Morgan fingerprint density at radius 2 is 1.63 bits per heavy atom. The average Bonchev–Trinajstić information content (AvgIpc) is 2.75. The number of ether oxygens (including phenoxy) is 1. The van der Waals surface area contributed by atoms with Crippen LogP contribution in [0.1, 0.15) is 45.2 Å². The third kappa shape index (κ3) is 5.33. The fourth-order valence-electron chi connectivity index (χ4n) is 2.75. The molecule has 1 fully saturated rings. The molecular weight excluding hydrogens is 363 g/mol. The third-order valence-electron chi connectivity index (χ3n) is 4.98. The predicted octanol–water partition coefficient (Wildman–Crippen LogP) is 5.28. The summed E-state index contributed by atoms with van der Waals surface area (Å²) >= 11 is 0. The molecule has 0 amide bonds. The van der Waals surface area contributed by atoms with Gasteiger partial charge in [0.1, 0.15) is 12.3 Å². The summed E-state index contributed by atoms with van der Waals surface area (Å²) in [6.07, 6.45) is -4.45. The maximum atomic E-state index is 15.3. The molecule has 0 N–H and O–H groups in total. The number of rotatable bonds is 6. The lowest BCUT2D eigenvalue weighted by Gasteiger charge is -2.32. The van der Waals surface area contributed by atoms with E-state index < -0.39 is 36.8 Å². The lowest BCUT2D eigenvalue weighted by Crippen LogP contribution is -2.41. The van der Waals surface area contributed by atoms with Crippen LogP contribution in [0.4, 0.5) is 17.6 Å². The number of halogens is 4. The van der Waals surface area contributed by atoms with Crippen LogP contribution in [-0.4, -0.2) is 37.7 Å². The second-order valence-corrected chi connectivity index (χ2v) is 7.65. The van der Waals surface area contributed by atoms with Crippen molar-refractivity contribution in [2.75, 3.05) is 13.2 Å². The van der Waals surface area contributed by atoms with Crippen LogP contribution in [0.3, 0.4) is 0 Å². The monoisotopic (exact) mass is 388 g/mol. The minimum Gasteiger partial charge on any atom is -0.398 e. The molecule has 1 aliphatic heterocycles. The fraction of sp³-hybridized carbons (Fsp3) is 0.579. The SMILES string of the molecule is Cc1ccccc1C(CCOCC(F)(F)F)=C(F)B1OC(C)(C)C(C)(C)O1. The molecule has 1 aliphatic rings. The van der Waals surface area contributed by atoms with Crippen molar-refractivity contribution in [1.29, 1.82) is 0 Å². The van der Waals surface area contributed by atoms with Gasteiger partial charge in [-0.15, -0.1) is 0 Å². The maximum Gasteiger partial charge on any atom is 0.525 e. The van der Waals surface area contributed by atoms with E-state index in [1.807, 2.05) is 19.1 Å². The van der Waals surface area contributed by atoms with Crippen molar-refractivity contribution in [3.05, 3.63) is 41.1 Å². The van der Waals surface area contributed by atoms with Crippen molar-refractivity contribution in [3.63, 3.8) is 0 Å². The zero-order chi connectivity index (χ0) is 20.5. The molecule has 1 aromatic carbocycles. The van der Waals surface area contributed by atoms with Gasteiger partial charge in [-0.05, 0) is 57.7 Å². The van der Waals surface area contributed by atoms with Crippen LogP contribution in [-0.2, 0) is 14.0 Å². The minimum atomic E-state index is -4.42. The molecule has 0 spiro atoms. The van der Waals surface area contributed by atoms with Crippen LogP contribution in [0, 0.1) is 6.92 Å². The van der Waals surface area contributed by atoms with Crippen molar-refractivity contribution < 1.29 is 31.6 Å². The molecule has 0 aliphatic carbocycles. The summed E-state index contributed by atoms with van der Waals surface area (Å²) in [6, 6.07) is 7.09. The summed E-state index contributed by atoms with van der Waals surface area (Å²) in [5.74, 6) is 0. The van der Waals surface area contributed by atoms with Crippen molar-refractivity contribution in [3.8, 4) is 0 Å². The van der Waals surface area contributed by atoms with E-state index in [1.54, 1.807) is 39.8 Å². The zero-order valence-electron chi connectivity index (χ0n) is 16.2. The number of hydrogen-bond acceptors (Lipinski definition) is 3. The van der Waals surface area contributed by atoms with Crippen LogP contribution in [0.5, 0.6) is 0 Å². The lowest BCUT2D eigenvalue weighted by atomic mass is 9.81. The van der Waals surface area contributed by atoms with Crippen LogP contribution >= 0.6 is 0 Å². The predicted molar refractivity (Wildman–Crippen MR) is 96.8 cm³/mol. The van der Waals surface area contributed by atoms with Crippen LogP contribution in [0.25, 0.3) is 5.57 Å². The fourth-order valence-corrected chi connectivity index (χ4v) is 2.75. The van der Waals surface area contributed by atoms with Gasteiger partial charge in [-0.1, -0.05) is 24.3 Å². The molecule has 1 heterocycles. The molecule has 0 radical (unpaired) electrons. The summed E-state index contributed by atoms with van der Waals surface area (Å²) in [5, 5.41) is 0. The highest BCUT2D eigenvalue weighted by atomic mass is 19.4. The summed E-state index contributed by atoms with van der Waals surface area (Å²) < 4.78 is 68.4. The van der Waals surface area contributed by atoms with Gasteiger partial charge >= 0.3 is 13.3 Å². The largest absolute Gasteiger partial charge is 0.525 e. The van der Waals surface area contributed by atoms with E-state index in [4.69, 9.17) is 9.31 Å². The average molecular weight is 388 g/mol. The van der Waals surface area contributed by atoms with E-state index in [0.29, 0.717) is 5.56 Å². The third-order valence-corrected chi connectivity index (χ3v) is 4.98. The molecule has 27 heavy (non-hydrogen) atoms. The Morgan fingerprint density at radius 3 is 2.15 bits per heavy atom. The van der Waals surface area contributed by atoms with Crippen LogP contribution in [0.2, 0.25) is 0 Å². The first kappa shape index (κ1) is 21.9. The van der Waals surface area contributed by atoms with Gasteiger partial charge < -0.3 is 14.0 Å². The van der Waals surface area contributed by atoms with E-state index in [9.17, 15) is 13.2 Å². The zero-order valence-corrected chi connectivity index (χ0v) is 16.2. The minimum absolute atomic E-state index is 0.0309. The molecule has 3 nitrogen and oxygen atoms in total. The van der Waals surface area contributed by atoms with Gasteiger partial charge in [0.2, 0.25) is 0 Å². The highest BCUT2D eigenvalue weighted by Gasteiger charge is 2.53. The molecule has 1 aromatic rings. The normalized spacial score (nSPS) is 20.0. The first-order chi connectivity index (χ1) is 12.3. The molecule has 150 valence electrons. The van der Waals surface area contributed by atoms with Gasteiger partial charge in [0, 0.05) is 0 Å². The van der Waals surface area contributed by atoms with Crippen molar-refractivity contribution in [1.82, 2.24) is 0 Å². The standard InChI is InChI=1S/C19H25BF4O3/c1-13-8-6-7-9-14(13)15(10-11-25-12-19(22,23)24)16(21)20-26-17(2,3)18(4,5)27-20/h6-9H,10-12H2,1-5H3. The quantitative estimate of drug-likeness (QED) is 0.377. The summed E-state index contributed by atoms with van der Waals surface area (Å²) in [7, 11) is -1.22. The van der Waals surface area contributed by atoms with E-state index in [1.165, 1.54) is 0 Å². The van der Waals surface area contributed by atoms with E-state index in [-0.39, 0.29) is 18.6 Å². The van der Waals surface area contributed by atoms with Gasteiger partial charge in [-0.25, -0.2) is 4.39 Å². The Balaban J connectivity index is 2.29. The first-order valence-electron chi connectivity index (χ1n) is 8.79. The summed E-state index contributed by atoms with van der Waals surface area (Å²) in [5.41, 5.74) is -0.459. The molecule has 2 rings (SSSR count). The van der Waals surface area contributed by atoms with Gasteiger partial charge in [0.05, 0.1) is 17.8 Å². The molecule has 0 aromatic heterocycles. The molecule has 0 atom stereocenters. The van der Waals surface area contributed by atoms with E-state index in [0.717, 1.165) is 5.56 Å². The summed E-state index contributed by atoms with van der Waals surface area (Å²) in [4.78, 5) is 0. The van der Waals surface area contributed by atoms with E-state index in [2.05, 4.69) is 4.74 Å². The number of benzene rings is 1. The Morgan fingerprint density at radius 1 is 1.07 bits per heavy atom. The van der Waals surface area contributed by atoms with Gasteiger partial charge in [-0.2, -0.15) is 13.2 Å². The highest BCUT2D eigenvalue weighted by molar-refractivity contribution is 6.55. The molecular formula is C19H25BF4O3. The first-order valence-corrected chi connectivity index (χ1v) is 8.79. The van der Waals surface area contributed by atoms with E-state index >= 15 is 4.39 Å². The van der Waals surface area contributed by atoms with Crippen molar-refractivity contribution in [2.45, 2.75) is 58.4 Å². The van der Waals surface area contributed by atoms with Gasteiger partial charge in [0.15, 0.2) is 0 Å². The van der Waals surface area contributed by atoms with Crippen LogP contribution in [0.15, 0.2) is 30.0 Å². The Kier molecular flexibility index (Phi) is 6.44. The Hall–Kier alpha value is -1.38. The lowest BCUT2D eigenvalue weighted by molar-refractivity contribution is -0.173. The molecule has 0 bridgehead atoms. The molecule has 0 saturated carbocycles. The van der Waals surface area contributed by atoms with Crippen molar-refractivity contribution in [2.24, 2.45) is 0 Å². The number of hydrogen-bond donors (Lipinski definition) is 0.